The number of aromatic carboxylic acids is 1. The molecule has 2 rings (SSSR count). The van der Waals surface area contributed by atoms with Crippen LogP contribution in [0.2, 0.25) is 0 Å². The number of hydrogen-bond acceptors (Lipinski definition) is 4. The molecule has 110 valence electrons. The zero-order chi connectivity index (χ0) is 15.1. The molecule has 0 spiro atoms. The summed E-state index contributed by atoms with van der Waals surface area (Å²) >= 11 is 0. The van der Waals surface area contributed by atoms with Crippen molar-refractivity contribution in [2.24, 2.45) is 0 Å². The summed E-state index contributed by atoms with van der Waals surface area (Å²) in [5.41, 5.74) is -0.0289. The Morgan fingerprint density at radius 3 is 2.86 bits per heavy atom. The first-order chi connectivity index (χ1) is 10.2. The number of aromatic nitrogens is 3. The Hall–Kier alpha value is -2.90. The Morgan fingerprint density at radius 2 is 2.14 bits per heavy atom. The summed E-state index contributed by atoms with van der Waals surface area (Å²) in [6.45, 7) is 1.15. The molecule has 0 bridgehead atoms. The van der Waals surface area contributed by atoms with Gasteiger partial charge in [-0.05, 0) is 24.6 Å². The van der Waals surface area contributed by atoms with Crippen molar-refractivity contribution in [3.05, 3.63) is 42.5 Å². The monoisotopic (exact) mass is 289 g/mol. The Balaban J connectivity index is 1.78. The maximum atomic E-state index is 11.7. The van der Waals surface area contributed by atoms with E-state index in [2.05, 4.69) is 20.7 Å². The molecule has 0 aliphatic heterocycles. The van der Waals surface area contributed by atoms with Gasteiger partial charge in [0.25, 0.3) is 0 Å². The largest absolute Gasteiger partial charge is 0.476 e. The van der Waals surface area contributed by atoms with Crippen molar-refractivity contribution >= 4 is 17.7 Å². The van der Waals surface area contributed by atoms with Gasteiger partial charge < -0.3 is 15.7 Å². The van der Waals surface area contributed by atoms with Crippen LogP contribution >= 0.6 is 0 Å². The maximum absolute atomic E-state index is 11.7. The van der Waals surface area contributed by atoms with Crippen molar-refractivity contribution in [3.8, 4) is 0 Å². The van der Waals surface area contributed by atoms with E-state index >= 15 is 0 Å². The van der Waals surface area contributed by atoms with Crippen LogP contribution in [0.5, 0.6) is 0 Å². The SMILES string of the molecule is O=C(NCCCn1cccn1)Nc1cccnc1C(=O)O. The minimum atomic E-state index is -1.19. The fourth-order valence-corrected chi connectivity index (χ4v) is 1.72. The molecule has 0 aromatic carbocycles. The average molecular weight is 289 g/mol. The van der Waals surface area contributed by atoms with E-state index in [9.17, 15) is 9.59 Å². The summed E-state index contributed by atoms with van der Waals surface area (Å²) in [7, 11) is 0. The molecular formula is C13H15N5O3. The first-order valence-electron chi connectivity index (χ1n) is 6.37. The second-order valence-electron chi connectivity index (χ2n) is 4.21. The number of nitrogens with one attached hydrogen (secondary N) is 2. The fraction of sp³-hybridized carbons (Fsp3) is 0.231. The zero-order valence-electron chi connectivity index (χ0n) is 11.2. The Bertz CT molecular complexity index is 612. The van der Waals surface area contributed by atoms with E-state index in [1.807, 2.05) is 12.3 Å². The number of carboxylic acid groups (broad SMARTS) is 1. The second-order valence-corrected chi connectivity index (χ2v) is 4.21. The van der Waals surface area contributed by atoms with Gasteiger partial charge in [-0.2, -0.15) is 5.10 Å². The lowest BCUT2D eigenvalue weighted by Crippen LogP contribution is -2.30. The Labute approximate surface area is 120 Å². The van der Waals surface area contributed by atoms with Crippen molar-refractivity contribution in [1.29, 1.82) is 0 Å². The maximum Gasteiger partial charge on any atom is 0.356 e. The lowest BCUT2D eigenvalue weighted by molar-refractivity contribution is 0.0691. The van der Waals surface area contributed by atoms with Crippen LogP contribution in [0.4, 0.5) is 10.5 Å². The van der Waals surface area contributed by atoms with Gasteiger partial charge in [-0.15, -0.1) is 0 Å². The molecule has 0 aliphatic carbocycles. The third-order valence-electron chi connectivity index (χ3n) is 2.67. The molecule has 2 heterocycles. The molecule has 0 fully saturated rings. The zero-order valence-corrected chi connectivity index (χ0v) is 11.2. The van der Waals surface area contributed by atoms with Crippen molar-refractivity contribution < 1.29 is 14.7 Å². The highest BCUT2D eigenvalue weighted by atomic mass is 16.4. The molecule has 8 heteroatoms. The van der Waals surface area contributed by atoms with Gasteiger partial charge in [0.1, 0.15) is 0 Å². The van der Waals surface area contributed by atoms with Gasteiger partial charge in [0.2, 0.25) is 0 Å². The van der Waals surface area contributed by atoms with Crippen molar-refractivity contribution in [3.63, 3.8) is 0 Å². The molecule has 0 radical (unpaired) electrons. The van der Waals surface area contributed by atoms with E-state index < -0.39 is 12.0 Å². The molecule has 0 aliphatic rings. The summed E-state index contributed by atoms with van der Waals surface area (Å²) in [6, 6.07) is 4.40. The van der Waals surface area contributed by atoms with E-state index in [1.54, 1.807) is 16.9 Å². The van der Waals surface area contributed by atoms with Gasteiger partial charge in [0, 0.05) is 31.7 Å². The van der Waals surface area contributed by atoms with E-state index in [1.165, 1.54) is 12.3 Å². The number of nitrogens with zero attached hydrogens (tertiary/aromatic N) is 3. The summed E-state index contributed by atoms with van der Waals surface area (Å²) < 4.78 is 1.77. The molecule has 3 N–H and O–H groups in total. The Morgan fingerprint density at radius 1 is 1.29 bits per heavy atom. The minimum Gasteiger partial charge on any atom is -0.476 e. The Kier molecular flexibility index (Phi) is 4.86. The van der Waals surface area contributed by atoms with Crippen LogP contribution in [0.1, 0.15) is 16.9 Å². The smallest absolute Gasteiger partial charge is 0.356 e. The van der Waals surface area contributed by atoms with Gasteiger partial charge in [0.15, 0.2) is 5.69 Å². The first kappa shape index (κ1) is 14.5. The highest BCUT2D eigenvalue weighted by molar-refractivity contribution is 5.98. The number of carbonyl (C=O) groups excluding carboxylic acids is 1. The minimum absolute atomic E-state index is 0.162. The predicted molar refractivity (Wildman–Crippen MR) is 75.1 cm³/mol. The molecular weight excluding hydrogens is 274 g/mol. The second kappa shape index (κ2) is 7.04. The van der Waals surface area contributed by atoms with Crippen LogP contribution in [-0.4, -0.2) is 38.4 Å². The fourth-order valence-electron chi connectivity index (χ4n) is 1.72. The number of anilines is 1. The predicted octanol–water partition coefficient (Wildman–Crippen LogP) is 1.19. The highest BCUT2D eigenvalue weighted by Crippen LogP contribution is 2.11. The topological polar surface area (TPSA) is 109 Å². The molecule has 21 heavy (non-hydrogen) atoms. The molecule has 2 aromatic heterocycles. The van der Waals surface area contributed by atoms with E-state index in [-0.39, 0.29) is 11.4 Å². The van der Waals surface area contributed by atoms with Crippen LogP contribution in [0, 0.1) is 0 Å². The number of urea groups is 1. The molecule has 2 amide bonds. The summed E-state index contributed by atoms with van der Waals surface area (Å²) in [6.07, 6.45) is 5.61. The summed E-state index contributed by atoms with van der Waals surface area (Å²) in [4.78, 5) is 26.3. The lowest BCUT2D eigenvalue weighted by Gasteiger charge is -2.09. The number of rotatable bonds is 6. The van der Waals surface area contributed by atoms with Gasteiger partial charge in [-0.1, -0.05) is 0 Å². The van der Waals surface area contributed by atoms with Crippen LogP contribution in [0.15, 0.2) is 36.8 Å². The number of amides is 2. The van der Waals surface area contributed by atoms with Crippen LogP contribution in [-0.2, 0) is 6.54 Å². The number of hydrogen-bond donors (Lipinski definition) is 3. The van der Waals surface area contributed by atoms with Gasteiger partial charge in [0.05, 0.1) is 5.69 Å². The first-order valence-corrected chi connectivity index (χ1v) is 6.37. The average Bonchev–Trinajstić information content (AvgIpc) is 2.97. The van der Waals surface area contributed by atoms with E-state index in [0.717, 1.165) is 0 Å². The standard InChI is InChI=1S/C13H15N5O3/c19-12(20)11-10(4-1-5-14-11)17-13(21)15-6-2-8-18-9-3-7-16-18/h1,3-5,7,9H,2,6,8H2,(H,19,20)(H2,15,17,21). The van der Waals surface area contributed by atoms with E-state index in [0.29, 0.717) is 19.5 Å². The van der Waals surface area contributed by atoms with Crippen LogP contribution < -0.4 is 10.6 Å². The molecule has 2 aromatic rings. The van der Waals surface area contributed by atoms with Gasteiger partial charge in [-0.3, -0.25) is 4.68 Å². The molecule has 0 saturated heterocycles. The number of carbonyl (C=O) groups is 2. The van der Waals surface area contributed by atoms with E-state index in [4.69, 9.17) is 5.11 Å². The lowest BCUT2D eigenvalue weighted by atomic mass is 10.3. The number of pyridine rings is 1. The van der Waals surface area contributed by atoms with Gasteiger partial charge in [-0.25, -0.2) is 14.6 Å². The third-order valence-corrected chi connectivity index (χ3v) is 2.67. The van der Waals surface area contributed by atoms with Crippen molar-refractivity contribution in [1.82, 2.24) is 20.1 Å². The summed E-state index contributed by atoms with van der Waals surface area (Å²) in [5, 5.41) is 18.1. The molecule has 8 nitrogen and oxygen atoms in total. The highest BCUT2D eigenvalue weighted by Gasteiger charge is 2.12. The van der Waals surface area contributed by atoms with Crippen LogP contribution in [0.25, 0.3) is 0 Å². The van der Waals surface area contributed by atoms with Gasteiger partial charge >= 0.3 is 12.0 Å². The van der Waals surface area contributed by atoms with Crippen molar-refractivity contribution in [2.75, 3.05) is 11.9 Å². The number of aryl methyl sites for hydroxylation is 1. The third kappa shape index (κ3) is 4.30. The molecule has 0 saturated carbocycles. The quantitative estimate of drug-likeness (QED) is 0.692. The molecule has 0 atom stereocenters. The number of carboxylic acids is 1. The summed E-state index contributed by atoms with van der Waals surface area (Å²) in [5.74, 6) is -1.19. The van der Waals surface area contributed by atoms with Crippen LogP contribution in [0.3, 0.4) is 0 Å². The molecule has 0 unspecified atom stereocenters. The van der Waals surface area contributed by atoms with Crippen molar-refractivity contribution in [2.45, 2.75) is 13.0 Å². The normalized spacial score (nSPS) is 10.1.